The van der Waals surface area contributed by atoms with Gasteiger partial charge < -0.3 is 9.32 Å². The molecule has 2 aliphatic rings. The standard InChI is InChI=1S/C25H22N2O4/c1-16-20(21-22(28)18-9-5-6-10-19(18)23(29)24(21)31-16)25(30)27-13-11-26(12-14-27)15-17-7-3-2-4-8-17/h2-10H,11-15H2,1H3. The molecule has 1 aliphatic carbocycles. The fourth-order valence-electron chi connectivity index (χ4n) is 4.42. The fourth-order valence-corrected chi connectivity index (χ4v) is 4.42. The van der Waals surface area contributed by atoms with E-state index in [0.717, 1.165) is 19.6 Å². The van der Waals surface area contributed by atoms with Gasteiger partial charge in [-0.15, -0.1) is 0 Å². The highest BCUT2D eigenvalue weighted by molar-refractivity contribution is 6.30. The van der Waals surface area contributed by atoms with Crippen molar-refractivity contribution >= 4 is 17.5 Å². The lowest BCUT2D eigenvalue weighted by Crippen LogP contribution is -2.48. The number of carbonyl (C=O) groups is 3. The van der Waals surface area contributed by atoms with E-state index >= 15 is 0 Å². The number of piperazine rings is 1. The number of carbonyl (C=O) groups excluding carboxylic acids is 3. The molecular weight excluding hydrogens is 392 g/mol. The highest BCUT2D eigenvalue weighted by Crippen LogP contribution is 2.34. The molecule has 2 aromatic carbocycles. The van der Waals surface area contributed by atoms with Gasteiger partial charge in [0.05, 0.1) is 11.1 Å². The van der Waals surface area contributed by atoms with Gasteiger partial charge in [-0.3, -0.25) is 19.3 Å². The molecule has 5 rings (SSSR count). The highest BCUT2D eigenvalue weighted by Gasteiger charge is 2.39. The van der Waals surface area contributed by atoms with Crippen LogP contribution < -0.4 is 0 Å². The number of hydrogen-bond donors (Lipinski definition) is 0. The Morgan fingerprint density at radius 1 is 0.871 bits per heavy atom. The van der Waals surface area contributed by atoms with Crippen LogP contribution in [0, 0.1) is 6.92 Å². The van der Waals surface area contributed by atoms with E-state index < -0.39 is 0 Å². The van der Waals surface area contributed by atoms with Gasteiger partial charge in [-0.1, -0.05) is 54.6 Å². The summed E-state index contributed by atoms with van der Waals surface area (Å²) < 4.78 is 5.66. The van der Waals surface area contributed by atoms with E-state index in [1.54, 1.807) is 36.1 Å². The van der Waals surface area contributed by atoms with Crippen LogP contribution in [0.25, 0.3) is 0 Å². The second kappa shape index (κ2) is 7.63. The molecule has 1 fully saturated rings. The molecule has 6 nitrogen and oxygen atoms in total. The molecule has 1 aromatic heterocycles. The summed E-state index contributed by atoms with van der Waals surface area (Å²) >= 11 is 0. The second-order valence-electron chi connectivity index (χ2n) is 8.00. The van der Waals surface area contributed by atoms with Crippen LogP contribution in [-0.2, 0) is 6.54 Å². The Morgan fingerprint density at radius 3 is 2.16 bits per heavy atom. The predicted octanol–water partition coefficient (Wildman–Crippen LogP) is 3.32. The average Bonchev–Trinajstić information content (AvgIpc) is 3.15. The minimum atomic E-state index is -0.347. The van der Waals surface area contributed by atoms with Crippen LogP contribution in [0.5, 0.6) is 0 Å². The fraction of sp³-hybridized carbons (Fsp3) is 0.240. The van der Waals surface area contributed by atoms with Crippen LogP contribution in [0.4, 0.5) is 0 Å². The molecule has 6 heteroatoms. The van der Waals surface area contributed by atoms with Crippen LogP contribution in [-0.4, -0.2) is 53.5 Å². The van der Waals surface area contributed by atoms with Gasteiger partial charge in [0.25, 0.3) is 5.91 Å². The highest BCUT2D eigenvalue weighted by atomic mass is 16.4. The zero-order valence-electron chi connectivity index (χ0n) is 17.3. The first kappa shape index (κ1) is 19.5. The summed E-state index contributed by atoms with van der Waals surface area (Å²) in [6.07, 6.45) is 0. The monoisotopic (exact) mass is 414 g/mol. The lowest BCUT2D eigenvalue weighted by atomic mass is 9.86. The lowest BCUT2D eigenvalue weighted by molar-refractivity contribution is 0.0624. The molecule has 0 N–H and O–H groups in total. The van der Waals surface area contributed by atoms with Gasteiger partial charge in [-0.25, -0.2) is 0 Å². The molecule has 0 spiro atoms. The summed E-state index contributed by atoms with van der Waals surface area (Å²) in [5.41, 5.74) is 2.21. The summed E-state index contributed by atoms with van der Waals surface area (Å²) in [5.74, 6) is -0.626. The van der Waals surface area contributed by atoms with Crippen LogP contribution in [0.3, 0.4) is 0 Å². The summed E-state index contributed by atoms with van der Waals surface area (Å²) in [4.78, 5) is 43.4. The van der Waals surface area contributed by atoms with E-state index in [2.05, 4.69) is 17.0 Å². The average molecular weight is 414 g/mol. The molecule has 3 aromatic rings. The predicted molar refractivity (Wildman–Crippen MR) is 114 cm³/mol. The van der Waals surface area contributed by atoms with Crippen LogP contribution in [0.2, 0.25) is 0 Å². The minimum absolute atomic E-state index is 0.0211. The molecule has 0 atom stereocenters. The van der Waals surface area contributed by atoms with Crippen molar-refractivity contribution in [2.75, 3.05) is 26.2 Å². The van der Waals surface area contributed by atoms with Crippen LogP contribution >= 0.6 is 0 Å². The van der Waals surface area contributed by atoms with Crippen molar-refractivity contribution in [2.24, 2.45) is 0 Å². The van der Waals surface area contributed by atoms with Gasteiger partial charge >= 0.3 is 0 Å². The van der Waals surface area contributed by atoms with Crippen LogP contribution in [0.1, 0.15) is 53.7 Å². The van der Waals surface area contributed by atoms with Gasteiger partial charge in [-0.05, 0) is 12.5 Å². The first-order chi connectivity index (χ1) is 15.0. The van der Waals surface area contributed by atoms with Crippen molar-refractivity contribution in [3.8, 4) is 0 Å². The molecule has 1 aliphatic heterocycles. The smallest absolute Gasteiger partial charge is 0.258 e. The third-order valence-electron chi connectivity index (χ3n) is 6.06. The van der Waals surface area contributed by atoms with E-state index in [0.29, 0.717) is 30.0 Å². The minimum Gasteiger partial charge on any atom is -0.456 e. The maximum atomic E-state index is 13.4. The summed E-state index contributed by atoms with van der Waals surface area (Å²) in [6.45, 7) is 5.09. The van der Waals surface area contributed by atoms with Gasteiger partial charge in [0.2, 0.25) is 5.78 Å². The summed E-state index contributed by atoms with van der Waals surface area (Å²) in [6, 6.07) is 16.9. The van der Waals surface area contributed by atoms with Crippen molar-refractivity contribution < 1.29 is 18.8 Å². The first-order valence-electron chi connectivity index (χ1n) is 10.4. The van der Waals surface area contributed by atoms with Crippen LogP contribution in [0.15, 0.2) is 59.0 Å². The summed E-state index contributed by atoms with van der Waals surface area (Å²) in [7, 11) is 0. The van der Waals surface area contributed by atoms with Crippen molar-refractivity contribution in [3.05, 3.63) is 93.9 Å². The maximum Gasteiger partial charge on any atom is 0.258 e. The molecule has 0 saturated carbocycles. The molecule has 1 saturated heterocycles. The molecular formula is C25H22N2O4. The number of nitrogens with zero attached hydrogens (tertiary/aromatic N) is 2. The Labute approximate surface area is 180 Å². The van der Waals surface area contributed by atoms with E-state index in [4.69, 9.17) is 4.42 Å². The zero-order chi connectivity index (χ0) is 21.5. The SMILES string of the molecule is Cc1oc2c(c1C(=O)N1CCN(Cc3ccccc3)CC1)C(=O)c1ccccc1C2=O. The van der Waals surface area contributed by atoms with Gasteiger partial charge in [0, 0.05) is 43.9 Å². The maximum absolute atomic E-state index is 13.4. The number of aryl methyl sites for hydroxylation is 1. The third-order valence-corrected chi connectivity index (χ3v) is 6.06. The Balaban J connectivity index is 1.37. The molecule has 0 bridgehead atoms. The Hall–Kier alpha value is -3.51. The van der Waals surface area contributed by atoms with E-state index in [1.807, 2.05) is 18.2 Å². The molecule has 2 heterocycles. The Bertz CT molecular complexity index is 1190. The molecule has 0 unspecified atom stereocenters. The normalized spacial score (nSPS) is 16.2. The number of fused-ring (bicyclic) bond motifs is 2. The van der Waals surface area contributed by atoms with E-state index in [-0.39, 0.29) is 34.4 Å². The molecule has 31 heavy (non-hydrogen) atoms. The zero-order valence-corrected chi connectivity index (χ0v) is 17.3. The molecule has 0 radical (unpaired) electrons. The van der Waals surface area contributed by atoms with Crippen molar-refractivity contribution in [3.63, 3.8) is 0 Å². The number of benzene rings is 2. The molecule has 156 valence electrons. The third kappa shape index (κ3) is 3.29. The summed E-state index contributed by atoms with van der Waals surface area (Å²) in [5, 5.41) is 0. The van der Waals surface area contributed by atoms with Gasteiger partial charge in [0.15, 0.2) is 11.5 Å². The van der Waals surface area contributed by atoms with E-state index in [1.165, 1.54) is 5.56 Å². The number of rotatable bonds is 3. The first-order valence-corrected chi connectivity index (χ1v) is 10.4. The molecule has 1 amide bonds. The number of hydrogen-bond acceptors (Lipinski definition) is 5. The Morgan fingerprint density at radius 2 is 1.48 bits per heavy atom. The number of amides is 1. The quantitative estimate of drug-likeness (QED) is 0.514. The van der Waals surface area contributed by atoms with Crippen molar-refractivity contribution in [2.45, 2.75) is 13.5 Å². The van der Waals surface area contributed by atoms with Gasteiger partial charge in [-0.2, -0.15) is 0 Å². The van der Waals surface area contributed by atoms with Crippen molar-refractivity contribution in [1.29, 1.82) is 0 Å². The largest absolute Gasteiger partial charge is 0.456 e. The van der Waals surface area contributed by atoms with Gasteiger partial charge in [0.1, 0.15) is 5.76 Å². The van der Waals surface area contributed by atoms with E-state index in [9.17, 15) is 14.4 Å². The second-order valence-corrected chi connectivity index (χ2v) is 8.00. The Kier molecular flexibility index (Phi) is 4.79. The number of furan rings is 1. The topological polar surface area (TPSA) is 70.8 Å². The van der Waals surface area contributed by atoms with Crippen molar-refractivity contribution in [1.82, 2.24) is 9.80 Å². The lowest BCUT2D eigenvalue weighted by Gasteiger charge is -2.34. The number of ketones is 2.